The van der Waals surface area contributed by atoms with E-state index in [1.54, 1.807) is 24.7 Å². The number of H-pyrrole nitrogens is 1. The first-order valence-electron chi connectivity index (χ1n) is 8.75. The molecule has 0 aromatic carbocycles. The second-order valence-electron chi connectivity index (χ2n) is 7.50. The van der Waals surface area contributed by atoms with E-state index in [4.69, 9.17) is 4.74 Å². The monoisotopic (exact) mass is 357 g/mol. The maximum atomic E-state index is 9.97. The third kappa shape index (κ3) is 3.77. The molecule has 1 saturated carbocycles. The summed E-state index contributed by atoms with van der Waals surface area (Å²) >= 11 is 0. The molecule has 9 nitrogen and oxygen atoms in total. The Balaban J connectivity index is 1.58. The van der Waals surface area contributed by atoms with Gasteiger partial charge in [-0.25, -0.2) is 0 Å². The first kappa shape index (κ1) is 16.8. The van der Waals surface area contributed by atoms with Crippen LogP contribution in [0.4, 0.5) is 11.6 Å². The molecule has 0 aliphatic heterocycles. The Morgan fingerprint density at radius 2 is 2.19 bits per heavy atom. The number of hydrogen-bond acceptors (Lipinski definition) is 7. The van der Waals surface area contributed by atoms with Gasteiger partial charge in [0.1, 0.15) is 5.39 Å². The van der Waals surface area contributed by atoms with Crippen molar-refractivity contribution in [2.75, 3.05) is 11.9 Å². The van der Waals surface area contributed by atoms with E-state index in [1.165, 1.54) is 12.8 Å². The molecule has 138 valence electrons. The molecule has 3 aromatic heterocycles. The first-order chi connectivity index (χ1) is 12.4. The van der Waals surface area contributed by atoms with Crippen molar-refractivity contribution in [2.45, 2.75) is 45.8 Å². The molecule has 1 aliphatic rings. The highest BCUT2D eigenvalue weighted by Crippen LogP contribution is 2.31. The fraction of sp³-hybridized carbons (Fsp3) is 0.529. The second-order valence-corrected chi connectivity index (χ2v) is 7.50. The average Bonchev–Trinajstić information content (AvgIpc) is 3.15. The van der Waals surface area contributed by atoms with Gasteiger partial charge in [0.15, 0.2) is 5.65 Å². The Hall–Kier alpha value is -2.68. The third-order valence-electron chi connectivity index (χ3n) is 4.17. The molecule has 9 heteroatoms. The summed E-state index contributed by atoms with van der Waals surface area (Å²) in [5, 5.41) is 25.2. The van der Waals surface area contributed by atoms with Crippen molar-refractivity contribution in [3.63, 3.8) is 0 Å². The maximum Gasteiger partial charge on any atom is 0.232 e. The van der Waals surface area contributed by atoms with Gasteiger partial charge in [-0.05, 0) is 39.5 Å². The normalized spacial score (nSPS) is 14.8. The van der Waals surface area contributed by atoms with E-state index in [1.807, 2.05) is 13.1 Å². The molecule has 26 heavy (non-hydrogen) atoms. The Labute approximate surface area is 150 Å². The molecule has 1 aliphatic carbocycles. The molecule has 1 fully saturated rings. The minimum atomic E-state index is -0.842. The number of aromatic nitrogens is 6. The predicted molar refractivity (Wildman–Crippen MR) is 96.4 cm³/mol. The Bertz CT molecular complexity index is 921. The van der Waals surface area contributed by atoms with Gasteiger partial charge < -0.3 is 15.2 Å². The topological polar surface area (TPSA) is 114 Å². The van der Waals surface area contributed by atoms with E-state index in [0.717, 1.165) is 16.8 Å². The van der Waals surface area contributed by atoms with Crippen LogP contribution in [-0.2, 0) is 6.54 Å². The SMILES string of the molecule is Cc1nn(CC(C)(C)O)cc1Nc1nc(OCC2CC2)c2cn[nH]c2n1. The van der Waals surface area contributed by atoms with E-state index >= 15 is 0 Å². The lowest BCUT2D eigenvalue weighted by Gasteiger charge is -2.16. The van der Waals surface area contributed by atoms with Gasteiger partial charge in [0.25, 0.3) is 0 Å². The van der Waals surface area contributed by atoms with Crippen molar-refractivity contribution in [2.24, 2.45) is 5.92 Å². The number of rotatable bonds is 7. The summed E-state index contributed by atoms with van der Waals surface area (Å²) in [6, 6.07) is 0. The molecule has 0 spiro atoms. The molecule has 3 heterocycles. The Morgan fingerprint density at radius 1 is 1.38 bits per heavy atom. The summed E-state index contributed by atoms with van der Waals surface area (Å²) in [5.41, 5.74) is 1.35. The Kier molecular flexibility index (Phi) is 4.03. The largest absolute Gasteiger partial charge is 0.477 e. The highest BCUT2D eigenvalue weighted by Gasteiger charge is 2.23. The van der Waals surface area contributed by atoms with Crippen LogP contribution < -0.4 is 10.1 Å². The number of fused-ring (bicyclic) bond motifs is 1. The number of hydrogen-bond donors (Lipinski definition) is 3. The van der Waals surface area contributed by atoms with E-state index in [2.05, 4.69) is 30.6 Å². The van der Waals surface area contributed by atoms with Gasteiger partial charge >= 0.3 is 0 Å². The smallest absolute Gasteiger partial charge is 0.232 e. The number of aromatic amines is 1. The molecule has 0 bridgehead atoms. The van der Waals surface area contributed by atoms with Gasteiger partial charge in [0.05, 0.1) is 36.3 Å². The molecule has 3 N–H and O–H groups in total. The van der Waals surface area contributed by atoms with Crippen LogP contribution in [0.5, 0.6) is 5.88 Å². The summed E-state index contributed by atoms with van der Waals surface area (Å²) in [7, 11) is 0. The number of anilines is 2. The zero-order valence-corrected chi connectivity index (χ0v) is 15.2. The predicted octanol–water partition coefficient (Wildman–Crippen LogP) is 2.16. The zero-order valence-electron chi connectivity index (χ0n) is 15.2. The summed E-state index contributed by atoms with van der Waals surface area (Å²) in [6.45, 7) is 6.44. The lowest BCUT2D eigenvalue weighted by atomic mass is 10.1. The van der Waals surface area contributed by atoms with E-state index in [9.17, 15) is 5.11 Å². The molecule has 0 saturated heterocycles. The molecule has 0 atom stereocenters. The molecule has 0 radical (unpaired) electrons. The van der Waals surface area contributed by atoms with Crippen LogP contribution in [0, 0.1) is 12.8 Å². The average molecular weight is 357 g/mol. The van der Waals surface area contributed by atoms with Gasteiger partial charge in [0.2, 0.25) is 11.8 Å². The first-order valence-corrected chi connectivity index (χ1v) is 8.75. The van der Waals surface area contributed by atoms with Crippen LogP contribution in [0.2, 0.25) is 0 Å². The van der Waals surface area contributed by atoms with Crippen molar-refractivity contribution >= 4 is 22.7 Å². The lowest BCUT2D eigenvalue weighted by Crippen LogP contribution is -2.26. The fourth-order valence-electron chi connectivity index (χ4n) is 2.69. The number of ether oxygens (including phenoxy) is 1. The van der Waals surface area contributed by atoms with Gasteiger partial charge in [-0.2, -0.15) is 20.2 Å². The Morgan fingerprint density at radius 3 is 2.92 bits per heavy atom. The van der Waals surface area contributed by atoms with E-state index in [-0.39, 0.29) is 0 Å². The van der Waals surface area contributed by atoms with Crippen LogP contribution in [0.3, 0.4) is 0 Å². The van der Waals surface area contributed by atoms with Crippen LogP contribution in [0.25, 0.3) is 11.0 Å². The highest BCUT2D eigenvalue weighted by molar-refractivity contribution is 5.81. The second kappa shape index (κ2) is 6.24. The molecule has 0 amide bonds. The highest BCUT2D eigenvalue weighted by atomic mass is 16.5. The summed E-state index contributed by atoms with van der Waals surface area (Å²) < 4.78 is 7.58. The minimum Gasteiger partial charge on any atom is -0.477 e. The van der Waals surface area contributed by atoms with E-state index in [0.29, 0.717) is 36.5 Å². The fourth-order valence-corrected chi connectivity index (χ4v) is 2.69. The molecule has 3 aromatic rings. The van der Waals surface area contributed by atoms with Crippen molar-refractivity contribution < 1.29 is 9.84 Å². The molecular weight excluding hydrogens is 334 g/mol. The lowest BCUT2D eigenvalue weighted by molar-refractivity contribution is 0.0577. The maximum absolute atomic E-state index is 9.97. The van der Waals surface area contributed by atoms with Gasteiger partial charge in [0, 0.05) is 6.20 Å². The van der Waals surface area contributed by atoms with Crippen LogP contribution in [0.1, 0.15) is 32.4 Å². The third-order valence-corrected chi connectivity index (χ3v) is 4.17. The molecular formula is C17H23N7O2. The van der Waals surface area contributed by atoms with Gasteiger partial charge in [-0.15, -0.1) is 0 Å². The van der Waals surface area contributed by atoms with Crippen molar-refractivity contribution in [1.29, 1.82) is 0 Å². The quantitative estimate of drug-likeness (QED) is 0.594. The van der Waals surface area contributed by atoms with Crippen LogP contribution >= 0.6 is 0 Å². The number of aliphatic hydroxyl groups is 1. The van der Waals surface area contributed by atoms with Crippen molar-refractivity contribution in [1.82, 2.24) is 29.9 Å². The molecule has 0 unspecified atom stereocenters. The molecule has 4 rings (SSSR count). The summed E-state index contributed by atoms with van der Waals surface area (Å²) in [5.74, 6) is 1.57. The van der Waals surface area contributed by atoms with Crippen LogP contribution in [-0.4, -0.2) is 47.3 Å². The minimum absolute atomic E-state index is 0.395. The number of nitrogens with zero attached hydrogens (tertiary/aromatic N) is 5. The zero-order chi connectivity index (χ0) is 18.3. The van der Waals surface area contributed by atoms with Gasteiger partial charge in [-0.1, -0.05) is 0 Å². The van der Waals surface area contributed by atoms with Gasteiger partial charge in [-0.3, -0.25) is 9.78 Å². The summed E-state index contributed by atoms with van der Waals surface area (Å²) in [6.07, 6.45) is 5.93. The van der Waals surface area contributed by atoms with Crippen molar-refractivity contribution in [3.05, 3.63) is 18.1 Å². The van der Waals surface area contributed by atoms with Crippen LogP contribution in [0.15, 0.2) is 12.4 Å². The number of aryl methyl sites for hydroxylation is 1. The van der Waals surface area contributed by atoms with Crippen molar-refractivity contribution in [3.8, 4) is 5.88 Å². The number of nitrogens with one attached hydrogen (secondary N) is 2. The van der Waals surface area contributed by atoms with E-state index < -0.39 is 5.60 Å². The standard InChI is InChI=1S/C17H23N7O2/c1-10-13(7-24(23-10)9-17(2,3)25)19-16-20-14-12(6-18-22-14)15(21-16)26-8-11-4-5-11/h6-7,11,25H,4-5,8-9H2,1-3H3,(H2,18,19,20,21,22). The summed E-state index contributed by atoms with van der Waals surface area (Å²) in [4.78, 5) is 8.95.